The molecule has 1 N–H and O–H groups in total. The van der Waals surface area contributed by atoms with Gasteiger partial charge in [0.1, 0.15) is 0 Å². The third kappa shape index (κ3) is 4.43. The third-order valence-corrected chi connectivity index (χ3v) is 3.15. The summed E-state index contributed by atoms with van der Waals surface area (Å²) >= 11 is 0. The molecule has 0 bridgehead atoms. The monoisotopic (exact) mass is 198 g/mol. The fraction of sp³-hybridized carbons (Fsp3) is 1.00. The van der Waals surface area contributed by atoms with Crippen LogP contribution in [0.1, 0.15) is 46.5 Å². The zero-order valence-electron chi connectivity index (χ0n) is 10.1. The number of hydrogen-bond donors (Lipinski definition) is 1. The summed E-state index contributed by atoms with van der Waals surface area (Å²) in [6.45, 7) is 10.7. The molecule has 2 unspecified atom stereocenters. The predicted octanol–water partition coefficient (Wildman–Crippen LogP) is 2.25. The lowest BCUT2D eigenvalue weighted by Crippen LogP contribution is -2.43. The second-order valence-electron chi connectivity index (χ2n) is 4.74. The van der Waals surface area contributed by atoms with Crippen LogP contribution in [0.25, 0.3) is 0 Å². The predicted molar refractivity (Wildman–Crippen MR) is 62.6 cm³/mol. The Hall–Kier alpha value is -0.0800. The molecule has 1 heterocycles. The molecule has 14 heavy (non-hydrogen) atoms. The average molecular weight is 198 g/mol. The molecule has 1 saturated heterocycles. The summed E-state index contributed by atoms with van der Waals surface area (Å²) in [4.78, 5) is 2.64. The highest BCUT2D eigenvalue weighted by atomic mass is 15.1. The lowest BCUT2D eigenvalue weighted by atomic mass is 10.1. The van der Waals surface area contributed by atoms with Crippen LogP contribution in [-0.2, 0) is 0 Å². The molecular weight excluding hydrogens is 172 g/mol. The van der Waals surface area contributed by atoms with Crippen molar-refractivity contribution in [2.45, 2.75) is 58.5 Å². The first-order valence-corrected chi connectivity index (χ1v) is 6.20. The Bertz CT molecular complexity index is 135. The van der Waals surface area contributed by atoms with E-state index < -0.39 is 0 Å². The second-order valence-corrected chi connectivity index (χ2v) is 4.74. The molecule has 0 aromatic carbocycles. The van der Waals surface area contributed by atoms with Crippen LogP contribution in [0, 0.1) is 0 Å². The van der Waals surface area contributed by atoms with E-state index in [-0.39, 0.29) is 0 Å². The van der Waals surface area contributed by atoms with E-state index in [2.05, 4.69) is 31.0 Å². The Labute approximate surface area is 89.1 Å². The molecule has 0 aromatic rings. The van der Waals surface area contributed by atoms with Gasteiger partial charge in [-0.1, -0.05) is 13.3 Å². The zero-order valence-corrected chi connectivity index (χ0v) is 10.1. The third-order valence-electron chi connectivity index (χ3n) is 3.15. The molecular formula is C12H26N2. The first kappa shape index (κ1) is 12.0. The first-order chi connectivity index (χ1) is 6.72. The summed E-state index contributed by atoms with van der Waals surface area (Å²) in [5.74, 6) is 0. The van der Waals surface area contributed by atoms with Gasteiger partial charge in [0.25, 0.3) is 0 Å². The number of nitrogens with one attached hydrogen (secondary N) is 1. The molecule has 1 aliphatic rings. The Kier molecular flexibility index (Phi) is 5.49. The van der Waals surface area contributed by atoms with E-state index in [0.29, 0.717) is 12.1 Å². The van der Waals surface area contributed by atoms with Crippen LogP contribution in [0.2, 0.25) is 0 Å². The van der Waals surface area contributed by atoms with E-state index in [0.717, 1.165) is 0 Å². The lowest BCUT2D eigenvalue weighted by Gasteiger charge is -2.30. The maximum absolute atomic E-state index is 3.63. The van der Waals surface area contributed by atoms with Crippen LogP contribution >= 0.6 is 0 Å². The maximum Gasteiger partial charge on any atom is 0.00533 e. The van der Waals surface area contributed by atoms with Crippen molar-refractivity contribution >= 4 is 0 Å². The van der Waals surface area contributed by atoms with E-state index >= 15 is 0 Å². The molecule has 0 spiro atoms. The Morgan fingerprint density at radius 1 is 1.14 bits per heavy atom. The Morgan fingerprint density at radius 3 is 2.21 bits per heavy atom. The summed E-state index contributed by atoms with van der Waals surface area (Å²) in [7, 11) is 0. The van der Waals surface area contributed by atoms with E-state index in [1.165, 1.54) is 45.3 Å². The van der Waals surface area contributed by atoms with Gasteiger partial charge in [-0.25, -0.2) is 0 Å². The van der Waals surface area contributed by atoms with Crippen LogP contribution < -0.4 is 5.32 Å². The normalized spacial score (nSPS) is 31.1. The summed E-state index contributed by atoms with van der Waals surface area (Å²) in [5, 5.41) is 3.63. The number of rotatable bonds is 3. The molecule has 0 radical (unpaired) electrons. The molecule has 0 saturated carbocycles. The van der Waals surface area contributed by atoms with Crippen molar-refractivity contribution in [3.63, 3.8) is 0 Å². The summed E-state index contributed by atoms with van der Waals surface area (Å²) in [6.07, 6.45) is 5.28. The Morgan fingerprint density at radius 2 is 1.71 bits per heavy atom. The minimum atomic E-state index is 0.689. The van der Waals surface area contributed by atoms with E-state index in [9.17, 15) is 0 Å². The van der Waals surface area contributed by atoms with Crippen molar-refractivity contribution in [1.29, 1.82) is 0 Å². The average Bonchev–Trinajstić information content (AvgIpc) is 2.14. The van der Waals surface area contributed by atoms with Gasteiger partial charge in [0.2, 0.25) is 0 Å². The van der Waals surface area contributed by atoms with Gasteiger partial charge in [0.05, 0.1) is 0 Å². The number of hydrogen-bond acceptors (Lipinski definition) is 2. The first-order valence-electron chi connectivity index (χ1n) is 6.20. The molecule has 0 aromatic heterocycles. The van der Waals surface area contributed by atoms with Gasteiger partial charge in [-0.15, -0.1) is 0 Å². The number of nitrogens with zero attached hydrogens (tertiary/aromatic N) is 1. The van der Waals surface area contributed by atoms with Gasteiger partial charge in [-0.05, 0) is 52.7 Å². The molecule has 1 aliphatic heterocycles. The molecule has 2 nitrogen and oxygen atoms in total. The largest absolute Gasteiger partial charge is 0.312 e. The van der Waals surface area contributed by atoms with Crippen molar-refractivity contribution < 1.29 is 0 Å². The summed E-state index contributed by atoms with van der Waals surface area (Å²) < 4.78 is 0. The Balaban J connectivity index is 2.29. The topological polar surface area (TPSA) is 15.3 Å². The molecule has 84 valence electrons. The summed E-state index contributed by atoms with van der Waals surface area (Å²) in [5.41, 5.74) is 0. The molecule has 2 heteroatoms. The minimum absolute atomic E-state index is 0.689. The van der Waals surface area contributed by atoms with Gasteiger partial charge in [0, 0.05) is 12.1 Å². The molecule has 1 rings (SSSR count). The lowest BCUT2D eigenvalue weighted by molar-refractivity contribution is 0.216. The second kappa shape index (κ2) is 6.41. The van der Waals surface area contributed by atoms with Crippen LogP contribution in [0.4, 0.5) is 0 Å². The summed E-state index contributed by atoms with van der Waals surface area (Å²) in [6, 6.07) is 1.38. The smallest absolute Gasteiger partial charge is 0.00533 e. The van der Waals surface area contributed by atoms with Crippen LogP contribution in [0.5, 0.6) is 0 Å². The molecule has 0 aliphatic carbocycles. The van der Waals surface area contributed by atoms with Gasteiger partial charge in [0.15, 0.2) is 0 Å². The van der Waals surface area contributed by atoms with Gasteiger partial charge in [-0.2, -0.15) is 0 Å². The maximum atomic E-state index is 3.63. The van der Waals surface area contributed by atoms with Crippen molar-refractivity contribution in [3.05, 3.63) is 0 Å². The fourth-order valence-electron chi connectivity index (χ4n) is 2.12. The van der Waals surface area contributed by atoms with Gasteiger partial charge >= 0.3 is 0 Å². The molecule has 2 atom stereocenters. The van der Waals surface area contributed by atoms with Gasteiger partial charge in [-0.3, -0.25) is 0 Å². The van der Waals surface area contributed by atoms with E-state index in [1.807, 2.05) is 0 Å². The quantitative estimate of drug-likeness (QED) is 0.748. The van der Waals surface area contributed by atoms with Crippen LogP contribution in [0.15, 0.2) is 0 Å². The van der Waals surface area contributed by atoms with Crippen molar-refractivity contribution in [3.8, 4) is 0 Å². The van der Waals surface area contributed by atoms with Crippen LogP contribution in [0.3, 0.4) is 0 Å². The minimum Gasteiger partial charge on any atom is -0.312 e. The van der Waals surface area contributed by atoms with E-state index in [4.69, 9.17) is 0 Å². The molecule has 0 amide bonds. The van der Waals surface area contributed by atoms with Crippen molar-refractivity contribution in [2.24, 2.45) is 0 Å². The molecule has 1 fully saturated rings. The van der Waals surface area contributed by atoms with Crippen LogP contribution in [-0.4, -0.2) is 36.6 Å². The zero-order chi connectivity index (χ0) is 10.4. The SMILES string of the molecule is CCCCN1CCC(C)NC(C)CC1. The van der Waals surface area contributed by atoms with Gasteiger partial charge < -0.3 is 10.2 Å². The number of unbranched alkanes of at least 4 members (excludes halogenated alkanes) is 1. The highest BCUT2D eigenvalue weighted by molar-refractivity contribution is 4.74. The highest BCUT2D eigenvalue weighted by Crippen LogP contribution is 2.07. The van der Waals surface area contributed by atoms with Crippen molar-refractivity contribution in [2.75, 3.05) is 19.6 Å². The van der Waals surface area contributed by atoms with Crippen molar-refractivity contribution in [1.82, 2.24) is 10.2 Å². The highest BCUT2D eigenvalue weighted by Gasteiger charge is 2.14. The fourth-order valence-corrected chi connectivity index (χ4v) is 2.12. The van der Waals surface area contributed by atoms with E-state index in [1.54, 1.807) is 0 Å². The standard InChI is InChI=1S/C12H26N2/c1-4-5-8-14-9-6-11(2)13-12(3)7-10-14/h11-13H,4-10H2,1-3H3.